The van der Waals surface area contributed by atoms with Crippen LogP contribution in [0, 0.1) is 46.3 Å². The van der Waals surface area contributed by atoms with Crippen molar-refractivity contribution >= 4 is 11.8 Å². The standard InChI is InChI=1S/C29H46O3/c1-18(2)8-7-9-19(3)23-10-11-24-27-25(13-15-29(23,24)6)28(5)14-12-22(32-20(4)30)16-21(28)17-26(27)31/h17-19,22-25,27H,7-16H2,1-6H3/t19-,22-,23-,24+,25+,27+,28-,29+/m0/s1. The second-order valence-electron chi connectivity index (χ2n) is 12.7. The Morgan fingerprint density at radius 3 is 2.50 bits per heavy atom. The molecule has 0 aliphatic heterocycles. The van der Waals surface area contributed by atoms with Crippen LogP contribution in [-0.4, -0.2) is 17.9 Å². The normalized spacial score (nSPS) is 42.0. The summed E-state index contributed by atoms with van der Waals surface area (Å²) >= 11 is 0. The number of carbonyl (C=O) groups is 2. The van der Waals surface area contributed by atoms with Crippen molar-refractivity contribution in [2.24, 2.45) is 46.3 Å². The quantitative estimate of drug-likeness (QED) is 0.411. The van der Waals surface area contributed by atoms with Crippen LogP contribution in [0.2, 0.25) is 0 Å². The Morgan fingerprint density at radius 1 is 1.06 bits per heavy atom. The molecule has 3 saturated carbocycles. The van der Waals surface area contributed by atoms with E-state index < -0.39 is 0 Å². The first-order valence-corrected chi connectivity index (χ1v) is 13.5. The molecule has 0 bridgehead atoms. The van der Waals surface area contributed by atoms with Crippen molar-refractivity contribution in [1.82, 2.24) is 0 Å². The van der Waals surface area contributed by atoms with Crippen LogP contribution >= 0.6 is 0 Å². The van der Waals surface area contributed by atoms with Crippen LogP contribution in [0.25, 0.3) is 0 Å². The van der Waals surface area contributed by atoms with E-state index in [1.165, 1.54) is 57.4 Å². The number of fused-ring (bicyclic) bond motifs is 5. The van der Waals surface area contributed by atoms with Gasteiger partial charge in [0.2, 0.25) is 0 Å². The van der Waals surface area contributed by atoms with Gasteiger partial charge < -0.3 is 4.74 Å². The first kappa shape index (κ1) is 24.0. The van der Waals surface area contributed by atoms with Crippen LogP contribution < -0.4 is 0 Å². The van der Waals surface area contributed by atoms with Gasteiger partial charge in [-0.05, 0) is 85.0 Å². The van der Waals surface area contributed by atoms with E-state index >= 15 is 0 Å². The van der Waals surface area contributed by atoms with Crippen LogP contribution in [-0.2, 0) is 14.3 Å². The van der Waals surface area contributed by atoms with E-state index in [2.05, 4.69) is 34.6 Å². The molecule has 0 unspecified atom stereocenters. The Kier molecular flexibility index (Phi) is 6.69. The Balaban J connectivity index is 1.52. The summed E-state index contributed by atoms with van der Waals surface area (Å²) in [5, 5.41) is 0. The molecule has 0 heterocycles. The van der Waals surface area contributed by atoms with Gasteiger partial charge in [0, 0.05) is 19.3 Å². The maximum absolute atomic E-state index is 13.6. The molecule has 3 heteroatoms. The van der Waals surface area contributed by atoms with Crippen molar-refractivity contribution in [2.45, 2.75) is 112 Å². The molecule has 32 heavy (non-hydrogen) atoms. The maximum Gasteiger partial charge on any atom is 0.302 e. The molecule has 180 valence electrons. The molecule has 3 nitrogen and oxygen atoms in total. The van der Waals surface area contributed by atoms with E-state index in [0.29, 0.717) is 23.0 Å². The van der Waals surface area contributed by atoms with Gasteiger partial charge in [-0.15, -0.1) is 0 Å². The number of ketones is 1. The predicted octanol–water partition coefficient (Wildman–Crippen LogP) is 7.14. The summed E-state index contributed by atoms with van der Waals surface area (Å²) in [7, 11) is 0. The Labute approximate surface area is 196 Å². The van der Waals surface area contributed by atoms with Gasteiger partial charge in [-0.25, -0.2) is 0 Å². The Morgan fingerprint density at radius 2 is 1.81 bits per heavy atom. The number of rotatable bonds is 6. The second-order valence-corrected chi connectivity index (χ2v) is 12.7. The van der Waals surface area contributed by atoms with Crippen molar-refractivity contribution in [3.8, 4) is 0 Å². The van der Waals surface area contributed by atoms with Crippen molar-refractivity contribution in [2.75, 3.05) is 0 Å². The summed E-state index contributed by atoms with van der Waals surface area (Å²) in [5.74, 6) is 3.74. The Hall–Kier alpha value is -1.12. The zero-order chi connectivity index (χ0) is 23.3. The van der Waals surface area contributed by atoms with E-state index in [1.54, 1.807) is 0 Å². The van der Waals surface area contributed by atoms with E-state index in [9.17, 15) is 9.59 Å². The van der Waals surface area contributed by atoms with Crippen LogP contribution in [0.15, 0.2) is 11.6 Å². The smallest absolute Gasteiger partial charge is 0.302 e. The zero-order valence-corrected chi connectivity index (χ0v) is 21.4. The fourth-order valence-electron chi connectivity index (χ4n) is 8.73. The number of esters is 1. The predicted molar refractivity (Wildman–Crippen MR) is 129 cm³/mol. The van der Waals surface area contributed by atoms with Gasteiger partial charge in [0.15, 0.2) is 5.78 Å². The summed E-state index contributed by atoms with van der Waals surface area (Å²) < 4.78 is 5.54. The van der Waals surface area contributed by atoms with Gasteiger partial charge in [0.05, 0.1) is 0 Å². The highest BCUT2D eigenvalue weighted by Crippen LogP contribution is 2.66. The van der Waals surface area contributed by atoms with Gasteiger partial charge >= 0.3 is 5.97 Å². The SMILES string of the molecule is CC(=O)O[C@H]1CC[C@@]2(C)C(=CC(=O)[C@@H]3[C@H]4CC[C@@H]([C@@H](C)CCCC(C)C)[C@@]4(C)CC[C@H]32)C1. The van der Waals surface area contributed by atoms with Crippen LogP contribution in [0.3, 0.4) is 0 Å². The summed E-state index contributed by atoms with van der Waals surface area (Å²) in [6.45, 7) is 13.6. The van der Waals surface area contributed by atoms with E-state index in [-0.39, 0.29) is 23.4 Å². The highest BCUT2D eigenvalue weighted by atomic mass is 16.5. The fraction of sp³-hybridized carbons (Fsp3) is 0.862. The summed E-state index contributed by atoms with van der Waals surface area (Å²) in [6.07, 6.45) is 13.7. The second kappa shape index (κ2) is 8.91. The number of carbonyl (C=O) groups excluding carboxylic acids is 2. The lowest BCUT2D eigenvalue weighted by Crippen LogP contribution is -2.53. The van der Waals surface area contributed by atoms with E-state index in [0.717, 1.165) is 37.0 Å². The molecule has 3 fully saturated rings. The van der Waals surface area contributed by atoms with E-state index in [1.807, 2.05) is 6.08 Å². The summed E-state index contributed by atoms with van der Waals surface area (Å²) in [5.41, 5.74) is 1.70. The highest BCUT2D eigenvalue weighted by molar-refractivity contribution is 5.94. The van der Waals surface area contributed by atoms with Crippen molar-refractivity contribution in [3.63, 3.8) is 0 Å². The minimum atomic E-state index is -0.202. The first-order chi connectivity index (χ1) is 15.1. The molecule has 4 aliphatic carbocycles. The zero-order valence-electron chi connectivity index (χ0n) is 21.4. The number of hydrogen-bond donors (Lipinski definition) is 0. The number of allylic oxidation sites excluding steroid dienone is 1. The van der Waals surface area contributed by atoms with Gasteiger partial charge in [-0.3, -0.25) is 9.59 Å². The van der Waals surface area contributed by atoms with Crippen LogP contribution in [0.5, 0.6) is 0 Å². The molecule has 0 amide bonds. The molecule has 8 atom stereocenters. The maximum atomic E-state index is 13.6. The molecule has 0 aromatic heterocycles. The molecule has 0 N–H and O–H groups in total. The molecule has 0 aromatic rings. The third-order valence-corrected chi connectivity index (χ3v) is 10.4. The molecular weight excluding hydrogens is 396 g/mol. The summed E-state index contributed by atoms with van der Waals surface area (Å²) in [4.78, 5) is 25.1. The van der Waals surface area contributed by atoms with Gasteiger partial charge in [-0.1, -0.05) is 59.5 Å². The van der Waals surface area contributed by atoms with E-state index in [4.69, 9.17) is 4.74 Å². The van der Waals surface area contributed by atoms with Crippen LogP contribution in [0.1, 0.15) is 106 Å². The molecular formula is C29H46O3. The molecule has 0 saturated heterocycles. The summed E-state index contributed by atoms with van der Waals surface area (Å²) in [6, 6.07) is 0. The number of ether oxygens (including phenoxy) is 1. The fourth-order valence-corrected chi connectivity index (χ4v) is 8.73. The monoisotopic (exact) mass is 442 g/mol. The third-order valence-electron chi connectivity index (χ3n) is 10.4. The number of hydrogen-bond acceptors (Lipinski definition) is 3. The van der Waals surface area contributed by atoms with Gasteiger partial charge in [0.25, 0.3) is 0 Å². The van der Waals surface area contributed by atoms with Crippen LogP contribution in [0.4, 0.5) is 0 Å². The van der Waals surface area contributed by atoms with Crippen molar-refractivity contribution < 1.29 is 14.3 Å². The van der Waals surface area contributed by atoms with Gasteiger partial charge in [0.1, 0.15) is 6.10 Å². The molecule has 4 aliphatic rings. The highest BCUT2D eigenvalue weighted by Gasteiger charge is 2.61. The molecule has 0 radical (unpaired) electrons. The van der Waals surface area contributed by atoms with Crippen molar-refractivity contribution in [1.29, 1.82) is 0 Å². The lowest BCUT2D eigenvalue weighted by Gasteiger charge is -2.57. The third kappa shape index (κ3) is 4.11. The van der Waals surface area contributed by atoms with Crippen molar-refractivity contribution in [3.05, 3.63) is 11.6 Å². The first-order valence-electron chi connectivity index (χ1n) is 13.5. The lowest BCUT2D eigenvalue weighted by molar-refractivity contribution is -0.149. The Bertz CT molecular complexity index is 766. The lowest BCUT2D eigenvalue weighted by atomic mass is 9.46. The molecule has 0 aromatic carbocycles. The topological polar surface area (TPSA) is 43.4 Å². The average molecular weight is 443 g/mol. The minimum absolute atomic E-state index is 0.0485. The minimum Gasteiger partial charge on any atom is -0.462 e. The largest absolute Gasteiger partial charge is 0.462 e. The van der Waals surface area contributed by atoms with Gasteiger partial charge in [-0.2, -0.15) is 0 Å². The average Bonchev–Trinajstić information content (AvgIpc) is 3.05. The molecule has 4 rings (SSSR count). The molecule has 0 spiro atoms.